The van der Waals surface area contributed by atoms with Crippen LogP contribution in [0.15, 0.2) is 77.7 Å². The summed E-state index contributed by atoms with van der Waals surface area (Å²) < 4.78 is 34.5. The SMILES string of the molecule is C[C@@H]1CN([C@H](C)CO)C(=O)c2ccccc2-c2ccccc2CO[C@@H]1CN(C)S(=O)(=O)c1ccccc1C#N. The van der Waals surface area contributed by atoms with Crippen molar-refractivity contribution in [2.75, 3.05) is 26.7 Å². The van der Waals surface area contributed by atoms with E-state index >= 15 is 0 Å². The number of benzene rings is 3. The lowest BCUT2D eigenvalue weighted by atomic mass is 9.94. The van der Waals surface area contributed by atoms with Gasteiger partial charge in [-0.3, -0.25) is 4.79 Å². The third-order valence-corrected chi connectivity index (χ3v) is 9.11. The predicted octanol–water partition coefficient (Wildman–Crippen LogP) is 3.90. The molecule has 1 heterocycles. The van der Waals surface area contributed by atoms with Crippen molar-refractivity contribution in [3.8, 4) is 17.2 Å². The van der Waals surface area contributed by atoms with Gasteiger partial charge in [-0.2, -0.15) is 9.57 Å². The second kappa shape index (κ2) is 12.1. The van der Waals surface area contributed by atoms with Crippen LogP contribution in [0.4, 0.5) is 0 Å². The number of likely N-dealkylation sites (N-methyl/N-ethyl adjacent to an activating group) is 1. The van der Waals surface area contributed by atoms with Crippen LogP contribution in [-0.4, -0.2) is 67.5 Å². The van der Waals surface area contributed by atoms with Gasteiger partial charge in [0.05, 0.1) is 35.8 Å². The molecule has 0 bridgehead atoms. The molecule has 0 spiro atoms. The number of carbonyl (C=O) groups excluding carboxylic acids is 1. The van der Waals surface area contributed by atoms with Crippen LogP contribution < -0.4 is 0 Å². The maximum absolute atomic E-state index is 13.9. The average Bonchev–Trinajstić information content (AvgIpc) is 2.98. The number of fused-ring (bicyclic) bond motifs is 3. The molecule has 39 heavy (non-hydrogen) atoms. The molecule has 0 aromatic heterocycles. The topological polar surface area (TPSA) is 111 Å². The Kier molecular flexibility index (Phi) is 8.83. The van der Waals surface area contributed by atoms with Crippen molar-refractivity contribution in [2.45, 2.75) is 37.5 Å². The smallest absolute Gasteiger partial charge is 0.254 e. The number of rotatable bonds is 6. The van der Waals surface area contributed by atoms with E-state index in [-0.39, 0.29) is 48.6 Å². The lowest BCUT2D eigenvalue weighted by Gasteiger charge is -2.35. The van der Waals surface area contributed by atoms with Crippen LogP contribution in [0.3, 0.4) is 0 Å². The third-order valence-electron chi connectivity index (χ3n) is 7.23. The second-order valence-corrected chi connectivity index (χ2v) is 11.9. The van der Waals surface area contributed by atoms with E-state index in [2.05, 4.69) is 0 Å². The first-order valence-electron chi connectivity index (χ1n) is 12.8. The summed E-state index contributed by atoms with van der Waals surface area (Å²) in [5.74, 6) is -0.498. The predicted molar refractivity (Wildman–Crippen MR) is 148 cm³/mol. The molecule has 4 rings (SSSR count). The highest BCUT2D eigenvalue weighted by molar-refractivity contribution is 7.89. The highest BCUT2D eigenvalue weighted by atomic mass is 32.2. The van der Waals surface area contributed by atoms with Gasteiger partial charge in [0.15, 0.2) is 0 Å². The average molecular weight is 548 g/mol. The molecule has 8 nitrogen and oxygen atoms in total. The van der Waals surface area contributed by atoms with Gasteiger partial charge in [0.25, 0.3) is 5.91 Å². The molecule has 1 amide bonds. The number of amides is 1. The van der Waals surface area contributed by atoms with E-state index in [1.807, 2.05) is 55.5 Å². The van der Waals surface area contributed by atoms with E-state index in [0.29, 0.717) is 5.56 Å². The zero-order chi connectivity index (χ0) is 28.2. The fraction of sp³-hybridized carbons (Fsp3) is 0.333. The fourth-order valence-corrected chi connectivity index (χ4v) is 6.18. The lowest BCUT2D eigenvalue weighted by Crippen LogP contribution is -2.47. The Labute approximate surface area is 230 Å². The molecule has 3 atom stereocenters. The Morgan fingerprint density at radius 3 is 2.36 bits per heavy atom. The maximum atomic E-state index is 13.9. The Hall–Kier alpha value is -3.55. The van der Waals surface area contributed by atoms with Gasteiger partial charge in [0, 0.05) is 31.6 Å². The van der Waals surface area contributed by atoms with E-state index in [9.17, 15) is 23.6 Å². The highest BCUT2D eigenvalue weighted by Gasteiger charge is 2.33. The van der Waals surface area contributed by atoms with Crippen LogP contribution in [0.1, 0.15) is 35.3 Å². The highest BCUT2D eigenvalue weighted by Crippen LogP contribution is 2.31. The molecule has 3 aromatic carbocycles. The van der Waals surface area contributed by atoms with Gasteiger partial charge >= 0.3 is 0 Å². The van der Waals surface area contributed by atoms with E-state index in [1.165, 1.54) is 23.5 Å². The molecule has 0 saturated carbocycles. The summed E-state index contributed by atoms with van der Waals surface area (Å²) in [6.45, 7) is 3.95. The maximum Gasteiger partial charge on any atom is 0.254 e. The Bertz CT molecular complexity index is 1480. The number of nitrogens with zero attached hydrogens (tertiary/aromatic N) is 3. The number of aliphatic hydroxyl groups is 1. The minimum absolute atomic E-state index is 0.00785. The molecular formula is C30H33N3O5S. The number of hydrogen-bond donors (Lipinski definition) is 1. The summed E-state index contributed by atoms with van der Waals surface area (Å²) in [5.41, 5.74) is 3.11. The van der Waals surface area contributed by atoms with Crippen molar-refractivity contribution in [2.24, 2.45) is 5.92 Å². The van der Waals surface area contributed by atoms with Crippen molar-refractivity contribution in [1.82, 2.24) is 9.21 Å². The van der Waals surface area contributed by atoms with E-state index < -0.39 is 22.2 Å². The summed E-state index contributed by atoms with van der Waals surface area (Å²) in [5, 5.41) is 19.5. The van der Waals surface area contributed by atoms with Crippen LogP contribution in [0.25, 0.3) is 11.1 Å². The van der Waals surface area contributed by atoms with Crippen LogP contribution in [0, 0.1) is 17.2 Å². The van der Waals surface area contributed by atoms with Gasteiger partial charge in [0.2, 0.25) is 10.0 Å². The van der Waals surface area contributed by atoms with Crippen molar-refractivity contribution in [3.05, 3.63) is 89.5 Å². The Morgan fingerprint density at radius 2 is 1.67 bits per heavy atom. The molecule has 204 valence electrons. The molecule has 1 N–H and O–H groups in total. The quantitative estimate of drug-likeness (QED) is 0.501. The first-order valence-corrected chi connectivity index (χ1v) is 14.3. The number of nitriles is 1. The second-order valence-electron chi connectivity index (χ2n) is 9.91. The molecule has 0 aliphatic carbocycles. The van der Waals surface area contributed by atoms with E-state index in [0.717, 1.165) is 16.7 Å². The Morgan fingerprint density at radius 1 is 1.05 bits per heavy atom. The fourth-order valence-electron chi connectivity index (χ4n) is 4.85. The first-order chi connectivity index (χ1) is 18.7. The summed E-state index contributed by atoms with van der Waals surface area (Å²) in [6, 6.07) is 22.7. The van der Waals surface area contributed by atoms with E-state index in [4.69, 9.17) is 4.74 Å². The summed E-state index contributed by atoms with van der Waals surface area (Å²) >= 11 is 0. The van der Waals surface area contributed by atoms with Gasteiger partial charge in [-0.15, -0.1) is 0 Å². The van der Waals surface area contributed by atoms with Crippen LogP contribution in [-0.2, 0) is 21.4 Å². The largest absolute Gasteiger partial charge is 0.394 e. The van der Waals surface area contributed by atoms with Gasteiger partial charge in [-0.05, 0) is 41.8 Å². The van der Waals surface area contributed by atoms with Crippen molar-refractivity contribution in [1.29, 1.82) is 5.26 Å². The molecule has 1 aliphatic rings. The Balaban J connectivity index is 1.74. The number of carbonyl (C=O) groups is 1. The molecule has 0 unspecified atom stereocenters. The molecule has 9 heteroatoms. The first kappa shape index (κ1) is 28.5. The molecule has 0 fully saturated rings. The number of ether oxygens (including phenoxy) is 1. The van der Waals surface area contributed by atoms with Crippen molar-refractivity contribution >= 4 is 15.9 Å². The summed E-state index contributed by atoms with van der Waals surface area (Å²) in [7, 11) is -2.52. The zero-order valence-electron chi connectivity index (χ0n) is 22.3. The standard InChI is InChI=1S/C30H33N3O5S/c1-21-17-33(22(2)19-34)30(35)27-14-8-7-13-26(27)25-12-6-4-11-24(25)20-38-28(21)18-32(3)39(36,37)29-15-9-5-10-23(29)16-31/h4-15,21-22,28,34H,17-20H2,1-3H3/t21-,22-,28-/m1/s1. The molecular weight excluding hydrogens is 514 g/mol. The summed E-state index contributed by atoms with van der Waals surface area (Å²) in [6.07, 6.45) is -0.588. The van der Waals surface area contributed by atoms with Gasteiger partial charge in [-0.1, -0.05) is 61.5 Å². The lowest BCUT2D eigenvalue weighted by molar-refractivity contribution is -0.0146. The van der Waals surface area contributed by atoms with Gasteiger partial charge in [-0.25, -0.2) is 8.42 Å². The normalized spacial score (nSPS) is 19.0. The molecule has 3 aromatic rings. The van der Waals surface area contributed by atoms with Gasteiger partial charge < -0.3 is 14.7 Å². The van der Waals surface area contributed by atoms with Crippen LogP contribution in [0.5, 0.6) is 0 Å². The molecule has 0 radical (unpaired) electrons. The van der Waals surface area contributed by atoms with Crippen molar-refractivity contribution < 1.29 is 23.1 Å². The van der Waals surface area contributed by atoms with Crippen molar-refractivity contribution in [3.63, 3.8) is 0 Å². The van der Waals surface area contributed by atoms with Crippen LogP contribution >= 0.6 is 0 Å². The molecule has 0 saturated heterocycles. The van der Waals surface area contributed by atoms with Gasteiger partial charge in [0.1, 0.15) is 6.07 Å². The minimum Gasteiger partial charge on any atom is -0.394 e. The number of aliphatic hydroxyl groups excluding tert-OH is 1. The van der Waals surface area contributed by atoms with E-state index in [1.54, 1.807) is 30.0 Å². The van der Waals surface area contributed by atoms with Crippen LogP contribution in [0.2, 0.25) is 0 Å². The third kappa shape index (κ3) is 5.89. The minimum atomic E-state index is -3.99. The summed E-state index contributed by atoms with van der Waals surface area (Å²) in [4.78, 5) is 15.5. The molecule has 1 aliphatic heterocycles. The zero-order valence-corrected chi connectivity index (χ0v) is 23.1. The number of hydrogen-bond acceptors (Lipinski definition) is 6. The monoisotopic (exact) mass is 547 g/mol. The number of sulfonamides is 1.